The third-order valence-electron chi connectivity index (χ3n) is 1.89. The number of benzene rings is 1. The minimum Gasteiger partial charge on any atom is -0.326 e. The molecule has 76 valence electrons. The van der Waals surface area contributed by atoms with Crippen LogP contribution in [0.3, 0.4) is 0 Å². The van der Waals surface area contributed by atoms with Gasteiger partial charge in [0.15, 0.2) is 0 Å². The molecule has 1 aromatic carbocycles. The topological polar surface area (TPSA) is 9.23 Å². The van der Waals surface area contributed by atoms with Crippen LogP contribution in [0.2, 0.25) is 0 Å². The van der Waals surface area contributed by atoms with Gasteiger partial charge in [-0.05, 0) is 24.6 Å². The van der Waals surface area contributed by atoms with Crippen LogP contribution >= 0.6 is 9.49 Å². The third kappa shape index (κ3) is 2.50. The Kier molecular flexibility index (Phi) is 3.55. The molecule has 0 unspecified atom stereocenters. The minimum absolute atomic E-state index is 0.644. The first-order valence-electron chi connectivity index (χ1n) is 4.46. The highest BCUT2D eigenvalue weighted by molar-refractivity contribution is 8.23. The van der Waals surface area contributed by atoms with Crippen LogP contribution in [-0.2, 0) is 4.18 Å². The van der Waals surface area contributed by atoms with Crippen molar-refractivity contribution in [2.24, 2.45) is 0 Å². The molecule has 0 aliphatic heterocycles. The zero-order valence-electron chi connectivity index (χ0n) is 8.53. The Bertz CT molecular complexity index is 398. The van der Waals surface area contributed by atoms with Gasteiger partial charge < -0.3 is 4.18 Å². The fraction of sp³-hybridized carbons (Fsp3) is 0.167. The lowest BCUT2D eigenvalue weighted by Crippen LogP contribution is -1.88. The van der Waals surface area contributed by atoms with Gasteiger partial charge in [0.2, 0.25) is 0 Å². The molecule has 0 aromatic heterocycles. The van der Waals surface area contributed by atoms with E-state index in [4.69, 9.17) is 4.18 Å². The van der Waals surface area contributed by atoms with Crippen molar-refractivity contribution in [2.45, 2.75) is 11.8 Å². The van der Waals surface area contributed by atoms with E-state index in [1.165, 1.54) is 0 Å². The standard InChI is InChI=1S/C12H16OS/c1-5-11-7-9-12(10-8-11)14(3,4)13-6-2/h5,7-10H,1,3-4,6H2,2H3. The normalized spacial score (nSPS) is 11.2. The van der Waals surface area contributed by atoms with Gasteiger partial charge in [0, 0.05) is 4.90 Å². The van der Waals surface area contributed by atoms with E-state index >= 15 is 0 Å². The maximum Gasteiger partial charge on any atom is 0.0575 e. The predicted molar refractivity (Wildman–Crippen MR) is 68.3 cm³/mol. The molecule has 0 aliphatic carbocycles. The summed E-state index contributed by atoms with van der Waals surface area (Å²) in [5, 5.41) is 0. The monoisotopic (exact) mass is 208 g/mol. The zero-order chi connectivity index (χ0) is 10.6. The van der Waals surface area contributed by atoms with E-state index in [0.29, 0.717) is 6.61 Å². The van der Waals surface area contributed by atoms with E-state index in [-0.39, 0.29) is 0 Å². The van der Waals surface area contributed by atoms with Crippen molar-refractivity contribution < 1.29 is 4.18 Å². The number of rotatable bonds is 4. The summed E-state index contributed by atoms with van der Waals surface area (Å²) in [5.74, 6) is 8.02. The molecule has 0 heterocycles. The molecule has 0 atom stereocenters. The highest BCUT2D eigenvalue weighted by atomic mass is 32.2. The molecule has 0 fully saturated rings. The molecule has 0 radical (unpaired) electrons. The third-order valence-corrected chi connectivity index (χ3v) is 3.71. The van der Waals surface area contributed by atoms with E-state index in [1.54, 1.807) is 0 Å². The molecular weight excluding hydrogens is 192 g/mol. The Hall–Kier alpha value is -0.990. The maximum atomic E-state index is 5.52. The highest BCUT2D eigenvalue weighted by Crippen LogP contribution is 2.32. The molecule has 1 aromatic rings. The zero-order valence-corrected chi connectivity index (χ0v) is 9.35. The number of hydrogen-bond acceptors (Lipinski definition) is 1. The molecule has 0 amide bonds. The first-order valence-corrected chi connectivity index (χ1v) is 6.36. The van der Waals surface area contributed by atoms with Gasteiger partial charge in [-0.25, -0.2) is 0 Å². The minimum atomic E-state index is -1.57. The molecule has 0 aliphatic rings. The average Bonchev–Trinajstić information content (AvgIpc) is 2.18. The Labute approximate surface area is 86.7 Å². The molecular formula is C12H16OS. The van der Waals surface area contributed by atoms with Crippen LogP contribution in [0.15, 0.2) is 35.7 Å². The van der Waals surface area contributed by atoms with Crippen LogP contribution in [-0.4, -0.2) is 18.3 Å². The Balaban J connectivity index is 3.03. The van der Waals surface area contributed by atoms with Crippen molar-refractivity contribution in [1.29, 1.82) is 0 Å². The van der Waals surface area contributed by atoms with Gasteiger partial charge in [-0.15, -0.1) is 0 Å². The van der Waals surface area contributed by atoms with Crippen LogP contribution in [0.4, 0.5) is 0 Å². The molecule has 0 spiro atoms. The van der Waals surface area contributed by atoms with Gasteiger partial charge in [-0.1, -0.05) is 46.0 Å². The molecule has 1 rings (SSSR count). The first kappa shape index (κ1) is 11.1. The van der Waals surface area contributed by atoms with Crippen LogP contribution in [0.1, 0.15) is 12.5 Å². The molecule has 0 saturated heterocycles. The lowest BCUT2D eigenvalue weighted by atomic mass is 10.2. The smallest absolute Gasteiger partial charge is 0.0575 e. The van der Waals surface area contributed by atoms with Crippen LogP contribution in [0, 0.1) is 0 Å². The van der Waals surface area contributed by atoms with E-state index in [2.05, 4.69) is 18.3 Å². The van der Waals surface area contributed by atoms with Crippen LogP contribution < -0.4 is 0 Å². The largest absolute Gasteiger partial charge is 0.326 e. The Morgan fingerprint density at radius 1 is 1.29 bits per heavy atom. The molecule has 0 N–H and O–H groups in total. The van der Waals surface area contributed by atoms with Crippen molar-refractivity contribution in [2.75, 3.05) is 6.61 Å². The van der Waals surface area contributed by atoms with Gasteiger partial charge >= 0.3 is 0 Å². The van der Waals surface area contributed by atoms with Crippen molar-refractivity contribution in [3.63, 3.8) is 0 Å². The first-order chi connectivity index (χ1) is 6.60. The lowest BCUT2D eigenvalue weighted by Gasteiger charge is -2.14. The fourth-order valence-corrected chi connectivity index (χ4v) is 2.36. The van der Waals surface area contributed by atoms with E-state index in [9.17, 15) is 0 Å². The van der Waals surface area contributed by atoms with Gasteiger partial charge in [-0.2, -0.15) is 0 Å². The Morgan fingerprint density at radius 3 is 2.29 bits per heavy atom. The quantitative estimate of drug-likeness (QED) is 0.690. The molecule has 14 heavy (non-hydrogen) atoms. The predicted octanol–water partition coefficient (Wildman–Crippen LogP) is 3.31. The number of hydrogen-bond donors (Lipinski definition) is 0. The Morgan fingerprint density at radius 2 is 1.86 bits per heavy atom. The summed E-state index contributed by atoms with van der Waals surface area (Å²) in [4.78, 5) is 1.06. The summed E-state index contributed by atoms with van der Waals surface area (Å²) >= 11 is 0. The highest BCUT2D eigenvalue weighted by Gasteiger charge is 1.99. The summed E-state index contributed by atoms with van der Waals surface area (Å²) in [6.45, 7) is 6.30. The van der Waals surface area contributed by atoms with Crippen LogP contribution in [0.5, 0.6) is 0 Å². The molecule has 0 saturated carbocycles. The average molecular weight is 208 g/mol. The van der Waals surface area contributed by atoms with Crippen molar-refractivity contribution >= 4 is 27.3 Å². The van der Waals surface area contributed by atoms with Crippen molar-refractivity contribution in [3.05, 3.63) is 36.4 Å². The second kappa shape index (κ2) is 4.49. The molecule has 0 bridgehead atoms. The SMILES string of the molecule is C=Cc1ccc(S(=C)(=C)OCC)cc1. The van der Waals surface area contributed by atoms with Gasteiger partial charge in [0.25, 0.3) is 0 Å². The summed E-state index contributed by atoms with van der Waals surface area (Å²) in [6, 6.07) is 8.00. The lowest BCUT2D eigenvalue weighted by molar-refractivity contribution is 0.398. The second-order valence-electron chi connectivity index (χ2n) is 2.99. The van der Waals surface area contributed by atoms with Crippen LogP contribution in [0.25, 0.3) is 6.08 Å². The second-order valence-corrected chi connectivity index (χ2v) is 5.32. The summed E-state index contributed by atoms with van der Waals surface area (Å²) < 4.78 is 5.52. The summed E-state index contributed by atoms with van der Waals surface area (Å²) in [5.41, 5.74) is 1.10. The molecule has 2 heteroatoms. The van der Waals surface area contributed by atoms with E-state index < -0.39 is 9.49 Å². The van der Waals surface area contributed by atoms with Gasteiger partial charge in [0.1, 0.15) is 0 Å². The van der Waals surface area contributed by atoms with Gasteiger partial charge in [0.05, 0.1) is 6.61 Å². The van der Waals surface area contributed by atoms with Crippen molar-refractivity contribution in [3.8, 4) is 0 Å². The van der Waals surface area contributed by atoms with E-state index in [1.807, 2.05) is 37.3 Å². The van der Waals surface area contributed by atoms with Gasteiger partial charge in [-0.3, -0.25) is 0 Å². The fourth-order valence-electron chi connectivity index (χ4n) is 1.15. The molecule has 1 nitrogen and oxygen atoms in total. The maximum absolute atomic E-state index is 5.52. The summed E-state index contributed by atoms with van der Waals surface area (Å²) in [7, 11) is -1.57. The van der Waals surface area contributed by atoms with E-state index in [0.717, 1.165) is 10.5 Å². The summed E-state index contributed by atoms with van der Waals surface area (Å²) in [6.07, 6.45) is 1.81. The van der Waals surface area contributed by atoms with Crippen molar-refractivity contribution in [1.82, 2.24) is 0 Å².